The first-order valence-electron chi connectivity index (χ1n) is 5.92. The minimum Gasteiger partial charge on any atom is -0.118 e. The fourth-order valence-electron chi connectivity index (χ4n) is 1.78. The summed E-state index contributed by atoms with van der Waals surface area (Å²) in [6.07, 6.45) is 3.61. The molecule has 0 saturated heterocycles. The highest BCUT2D eigenvalue weighted by Crippen LogP contribution is 2.39. The van der Waals surface area contributed by atoms with E-state index >= 15 is 0 Å². The summed E-state index contributed by atoms with van der Waals surface area (Å²) in [4.78, 5) is 0. The van der Waals surface area contributed by atoms with Gasteiger partial charge in [0, 0.05) is 5.41 Å². The summed E-state index contributed by atoms with van der Waals surface area (Å²) in [5, 5.41) is 0. The molecule has 0 aliphatic rings. The van der Waals surface area contributed by atoms with Gasteiger partial charge in [-0.15, -0.1) is 11.8 Å². The Bertz CT molecular complexity index is 205. The fourth-order valence-corrected chi connectivity index (χ4v) is 2.96. The first-order chi connectivity index (χ1) is 6.75. The van der Waals surface area contributed by atoms with Crippen LogP contribution in [0.4, 0.5) is 0 Å². The van der Waals surface area contributed by atoms with Crippen molar-refractivity contribution in [2.75, 3.05) is 5.75 Å². The van der Waals surface area contributed by atoms with E-state index in [1.807, 2.05) is 11.8 Å². The second kappa shape index (κ2) is 6.24. The van der Waals surface area contributed by atoms with Gasteiger partial charge in [0.25, 0.3) is 0 Å². The minimum absolute atomic E-state index is 0.189. The van der Waals surface area contributed by atoms with Crippen LogP contribution in [0, 0.1) is 10.8 Å². The molecule has 0 radical (unpaired) electrons. The highest BCUT2D eigenvalue weighted by atomic mass is 32.2. The van der Waals surface area contributed by atoms with Crippen LogP contribution in [0.3, 0.4) is 0 Å². The summed E-state index contributed by atoms with van der Waals surface area (Å²) < 4.78 is 1.19. The van der Waals surface area contributed by atoms with E-state index in [0.29, 0.717) is 5.41 Å². The van der Waals surface area contributed by atoms with Gasteiger partial charge in [-0.1, -0.05) is 60.2 Å². The zero-order valence-electron chi connectivity index (χ0n) is 11.1. The maximum absolute atomic E-state index is 5.53. The van der Waals surface area contributed by atoms with Gasteiger partial charge in [-0.25, -0.2) is 0 Å². The SMILES string of the molecule is CCCSC(=S)C(C)(C)CC(C)(C)CC. The monoisotopic (exact) mass is 246 g/mol. The van der Waals surface area contributed by atoms with Gasteiger partial charge < -0.3 is 0 Å². The molecular weight excluding hydrogens is 220 g/mol. The predicted molar refractivity (Wildman–Crippen MR) is 77.8 cm³/mol. The quantitative estimate of drug-likeness (QED) is 0.583. The van der Waals surface area contributed by atoms with Crippen LogP contribution in [0.1, 0.15) is 60.8 Å². The van der Waals surface area contributed by atoms with E-state index in [0.717, 1.165) is 5.75 Å². The molecule has 0 N–H and O–H groups in total. The van der Waals surface area contributed by atoms with Crippen LogP contribution in [0.25, 0.3) is 0 Å². The summed E-state index contributed by atoms with van der Waals surface area (Å²) in [6.45, 7) is 13.7. The van der Waals surface area contributed by atoms with E-state index in [2.05, 4.69) is 41.5 Å². The molecule has 0 bridgehead atoms. The maximum Gasteiger partial charge on any atom is 0.0535 e. The zero-order valence-corrected chi connectivity index (χ0v) is 12.8. The lowest BCUT2D eigenvalue weighted by Gasteiger charge is -2.34. The Morgan fingerprint density at radius 1 is 1.13 bits per heavy atom. The molecule has 90 valence electrons. The summed E-state index contributed by atoms with van der Waals surface area (Å²) in [5.74, 6) is 1.16. The average molecular weight is 246 g/mol. The molecule has 0 spiro atoms. The van der Waals surface area contributed by atoms with Crippen molar-refractivity contribution in [3.8, 4) is 0 Å². The zero-order chi connectivity index (χ0) is 12.1. The molecule has 0 amide bonds. The lowest BCUT2D eigenvalue weighted by atomic mass is 9.75. The largest absolute Gasteiger partial charge is 0.118 e. The van der Waals surface area contributed by atoms with E-state index < -0.39 is 0 Å². The van der Waals surface area contributed by atoms with Crippen LogP contribution >= 0.6 is 24.0 Å². The lowest BCUT2D eigenvalue weighted by molar-refractivity contribution is 0.247. The van der Waals surface area contributed by atoms with Crippen molar-refractivity contribution < 1.29 is 0 Å². The normalized spacial score (nSPS) is 12.9. The molecule has 0 aliphatic carbocycles. The first kappa shape index (κ1) is 15.4. The molecule has 0 saturated carbocycles. The Morgan fingerprint density at radius 3 is 2.07 bits per heavy atom. The lowest BCUT2D eigenvalue weighted by Crippen LogP contribution is -2.27. The molecule has 0 aromatic heterocycles. The molecular formula is C13H26S2. The Labute approximate surface area is 106 Å². The van der Waals surface area contributed by atoms with Crippen LogP contribution in [-0.2, 0) is 0 Å². The van der Waals surface area contributed by atoms with Gasteiger partial charge in [0.1, 0.15) is 0 Å². The van der Waals surface area contributed by atoms with E-state index in [-0.39, 0.29) is 5.41 Å². The van der Waals surface area contributed by atoms with Gasteiger partial charge in [0.05, 0.1) is 4.20 Å². The van der Waals surface area contributed by atoms with Crippen LogP contribution in [0.5, 0.6) is 0 Å². The van der Waals surface area contributed by atoms with Gasteiger partial charge in [-0.2, -0.15) is 0 Å². The van der Waals surface area contributed by atoms with Crippen molar-refractivity contribution in [3.05, 3.63) is 0 Å². The van der Waals surface area contributed by atoms with Crippen molar-refractivity contribution in [1.82, 2.24) is 0 Å². The van der Waals surface area contributed by atoms with Gasteiger partial charge in [-0.05, 0) is 24.0 Å². The Balaban J connectivity index is 4.34. The van der Waals surface area contributed by atoms with Crippen molar-refractivity contribution in [2.45, 2.75) is 60.8 Å². The van der Waals surface area contributed by atoms with Crippen LogP contribution < -0.4 is 0 Å². The third kappa shape index (κ3) is 5.91. The topological polar surface area (TPSA) is 0 Å². The second-order valence-electron chi connectivity index (χ2n) is 5.71. The third-order valence-electron chi connectivity index (χ3n) is 2.87. The van der Waals surface area contributed by atoms with Gasteiger partial charge in [0.2, 0.25) is 0 Å². The Hall–Kier alpha value is 0.440. The summed E-state index contributed by atoms with van der Waals surface area (Å²) in [7, 11) is 0. The fraction of sp³-hybridized carbons (Fsp3) is 0.923. The molecule has 0 atom stereocenters. The molecule has 0 aromatic carbocycles. The molecule has 2 heteroatoms. The van der Waals surface area contributed by atoms with Crippen molar-refractivity contribution in [1.29, 1.82) is 0 Å². The molecule has 0 heterocycles. The van der Waals surface area contributed by atoms with Gasteiger partial charge in [0.15, 0.2) is 0 Å². The second-order valence-corrected chi connectivity index (χ2v) is 7.49. The van der Waals surface area contributed by atoms with E-state index in [4.69, 9.17) is 12.2 Å². The average Bonchev–Trinajstić information content (AvgIpc) is 2.12. The van der Waals surface area contributed by atoms with Gasteiger partial charge in [-0.3, -0.25) is 0 Å². The third-order valence-corrected chi connectivity index (χ3v) is 5.20. The van der Waals surface area contributed by atoms with Crippen molar-refractivity contribution >= 4 is 28.2 Å². The number of thioether (sulfide) groups is 1. The molecule has 0 aromatic rings. The van der Waals surface area contributed by atoms with Crippen LogP contribution in [0.15, 0.2) is 0 Å². The van der Waals surface area contributed by atoms with Crippen LogP contribution in [0.2, 0.25) is 0 Å². The number of hydrogen-bond acceptors (Lipinski definition) is 2. The van der Waals surface area contributed by atoms with Crippen molar-refractivity contribution in [2.24, 2.45) is 10.8 Å². The minimum atomic E-state index is 0.189. The molecule has 0 aliphatic heterocycles. The molecule has 0 unspecified atom stereocenters. The molecule has 0 fully saturated rings. The van der Waals surface area contributed by atoms with Crippen LogP contribution in [-0.4, -0.2) is 9.95 Å². The number of rotatable bonds is 6. The summed E-state index contributed by atoms with van der Waals surface area (Å²) in [5.41, 5.74) is 0.592. The molecule has 15 heavy (non-hydrogen) atoms. The number of hydrogen-bond donors (Lipinski definition) is 0. The highest BCUT2D eigenvalue weighted by Gasteiger charge is 2.30. The van der Waals surface area contributed by atoms with Gasteiger partial charge >= 0.3 is 0 Å². The molecule has 0 nitrogen and oxygen atoms in total. The highest BCUT2D eigenvalue weighted by molar-refractivity contribution is 8.23. The Kier molecular flexibility index (Phi) is 6.43. The summed E-state index contributed by atoms with van der Waals surface area (Å²) in [6, 6.07) is 0. The summed E-state index contributed by atoms with van der Waals surface area (Å²) >= 11 is 7.40. The van der Waals surface area contributed by atoms with Crippen molar-refractivity contribution in [3.63, 3.8) is 0 Å². The van der Waals surface area contributed by atoms with E-state index in [9.17, 15) is 0 Å². The maximum atomic E-state index is 5.53. The molecule has 0 rings (SSSR count). The van der Waals surface area contributed by atoms with E-state index in [1.165, 1.54) is 23.5 Å². The number of thiocarbonyl (C=S) groups is 1. The standard InChI is InChI=1S/C13H26S2/c1-7-9-15-11(14)13(5,6)10-12(3,4)8-2/h7-10H2,1-6H3. The Morgan fingerprint density at radius 2 is 1.67 bits per heavy atom. The van der Waals surface area contributed by atoms with E-state index in [1.54, 1.807) is 0 Å². The first-order valence-corrected chi connectivity index (χ1v) is 7.32. The smallest absolute Gasteiger partial charge is 0.0535 e. The predicted octanol–water partition coefficient (Wildman–Crippen LogP) is 5.31.